The van der Waals surface area contributed by atoms with Crippen LogP contribution in [0.3, 0.4) is 0 Å². The lowest BCUT2D eigenvalue weighted by Crippen LogP contribution is -2.56. The number of carbonyl (C=O) groups excluding carboxylic acids is 2. The highest BCUT2D eigenvalue weighted by molar-refractivity contribution is 5.99. The first-order valence-electron chi connectivity index (χ1n) is 11.5. The minimum absolute atomic E-state index is 0.0218. The molecule has 5 rings (SSSR count). The van der Waals surface area contributed by atoms with E-state index in [0.29, 0.717) is 25.1 Å². The van der Waals surface area contributed by atoms with Crippen LogP contribution >= 0.6 is 0 Å². The number of nitrogens with one attached hydrogen (secondary N) is 1. The fourth-order valence-electron chi connectivity index (χ4n) is 5.57. The molecule has 0 unspecified atom stereocenters. The summed E-state index contributed by atoms with van der Waals surface area (Å²) in [6, 6.07) is 14.2. The van der Waals surface area contributed by atoms with Crippen LogP contribution in [0.4, 0.5) is 5.69 Å². The Morgan fingerprint density at radius 3 is 2.69 bits per heavy atom. The Morgan fingerprint density at radius 2 is 1.91 bits per heavy atom. The van der Waals surface area contributed by atoms with Crippen molar-refractivity contribution in [3.63, 3.8) is 0 Å². The monoisotopic (exact) mass is 433 g/mol. The fourth-order valence-corrected chi connectivity index (χ4v) is 5.57. The van der Waals surface area contributed by atoms with Gasteiger partial charge in [0.25, 0.3) is 5.91 Å². The van der Waals surface area contributed by atoms with Crippen molar-refractivity contribution in [3.8, 4) is 0 Å². The van der Waals surface area contributed by atoms with Crippen molar-refractivity contribution in [3.05, 3.63) is 64.7 Å². The highest BCUT2D eigenvalue weighted by Crippen LogP contribution is 2.37. The fraction of sp³-hybridized carbons (Fsp3) is 0.462. The Kier molecular flexibility index (Phi) is 5.30. The molecule has 3 heterocycles. The average Bonchev–Trinajstić information content (AvgIpc) is 2.77. The minimum Gasteiger partial charge on any atom is -0.390 e. The Morgan fingerprint density at radius 1 is 1.12 bits per heavy atom. The Balaban J connectivity index is 1.27. The number of hydrogen-bond acceptors (Lipinski definition) is 4. The van der Waals surface area contributed by atoms with Gasteiger partial charge in [-0.15, -0.1) is 0 Å². The van der Waals surface area contributed by atoms with Crippen molar-refractivity contribution in [2.45, 2.75) is 57.2 Å². The van der Waals surface area contributed by atoms with Crippen molar-refractivity contribution in [1.82, 2.24) is 9.80 Å². The van der Waals surface area contributed by atoms with Gasteiger partial charge in [0.1, 0.15) is 0 Å². The first-order chi connectivity index (χ1) is 15.3. The van der Waals surface area contributed by atoms with E-state index in [9.17, 15) is 14.7 Å². The van der Waals surface area contributed by atoms with E-state index in [1.165, 1.54) is 11.1 Å². The Hall–Kier alpha value is -2.70. The molecule has 0 radical (unpaired) electrons. The van der Waals surface area contributed by atoms with Crippen LogP contribution in [0, 0.1) is 0 Å². The van der Waals surface area contributed by atoms with Crippen LogP contribution in [0.15, 0.2) is 42.5 Å². The van der Waals surface area contributed by atoms with Gasteiger partial charge in [0, 0.05) is 55.3 Å². The van der Waals surface area contributed by atoms with E-state index in [4.69, 9.17) is 0 Å². The molecule has 2 aromatic carbocycles. The van der Waals surface area contributed by atoms with Gasteiger partial charge >= 0.3 is 0 Å². The number of hydrogen-bond donors (Lipinski definition) is 2. The van der Waals surface area contributed by atoms with E-state index in [-0.39, 0.29) is 23.3 Å². The number of benzene rings is 2. The largest absolute Gasteiger partial charge is 0.390 e. The molecule has 0 aromatic heterocycles. The van der Waals surface area contributed by atoms with Gasteiger partial charge in [0.15, 0.2) is 0 Å². The molecular formula is C26H31N3O3. The number of β-amino-alcohol motifs (C(OH)–C–C–N with tert-alkyl or cyclic N) is 1. The van der Waals surface area contributed by atoms with Crippen LogP contribution in [0.2, 0.25) is 0 Å². The van der Waals surface area contributed by atoms with E-state index in [1.807, 2.05) is 26.0 Å². The molecule has 3 aliphatic rings. The average molecular weight is 434 g/mol. The molecule has 168 valence electrons. The van der Waals surface area contributed by atoms with Crippen LogP contribution in [-0.2, 0) is 23.2 Å². The zero-order valence-electron chi connectivity index (χ0n) is 18.8. The summed E-state index contributed by atoms with van der Waals surface area (Å²) in [5.41, 5.74) is 4.81. The van der Waals surface area contributed by atoms with Gasteiger partial charge in [0.05, 0.1) is 6.10 Å². The van der Waals surface area contributed by atoms with E-state index in [0.717, 1.165) is 37.2 Å². The third-order valence-electron chi connectivity index (χ3n) is 7.34. The number of anilines is 1. The summed E-state index contributed by atoms with van der Waals surface area (Å²) in [5.74, 6) is -0.113. The molecule has 1 saturated heterocycles. The second-order valence-corrected chi connectivity index (χ2v) is 10.0. The molecule has 2 aromatic rings. The molecule has 2 atom stereocenters. The summed E-state index contributed by atoms with van der Waals surface area (Å²) >= 11 is 0. The lowest BCUT2D eigenvalue weighted by atomic mass is 9.77. The maximum absolute atomic E-state index is 13.2. The molecule has 3 aliphatic heterocycles. The first-order valence-corrected chi connectivity index (χ1v) is 11.5. The molecule has 2 amide bonds. The molecule has 0 aliphatic carbocycles. The van der Waals surface area contributed by atoms with Gasteiger partial charge in [0.2, 0.25) is 5.91 Å². The van der Waals surface area contributed by atoms with Crippen LogP contribution in [-0.4, -0.2) is 58.5 Å². The molecule has 2 N–H and O–H groups in total. The summed E-state index contributed by atoms with van der Waals surface area (Å²) in [6.07, 6.45) is 1.62. The maximum atomic E-state index is 13.2. The third-order valence-corrected chi connectivity index (χ3v) is 7.34. The van der Waals surface area contributed by atoms with E-state index in [1.54, 1.807) is 11.0 Å². The van der Waals surface area contributed by atoms with Crippen molar-refractivity contribution in [2.75, 3.05) is 25.0 Å². The number of piperidine rings is 1. The van der Waals surface area contributed by atoms with Crippen molar-refractivity contribution < 1.29 is 14.7 Å². The van der Waals surface area contributed by atoms with Gasteiger partial charge in [-0.05, 0) is 41.7 Å². The summed E-state index contributed by atoms with van der Waals surface area (Å²) < 4.78 is 0. The second-order valence-electron chi connectivity index (χ2n) is 10.0. The van der Waals surface area contributed by atoms with Crippen LogP contribution in [0.25, 0.3) is 0 Å². The third kappa shape index (κ3) is 3.82. The SMILES string of the molecule is CC1(C)CC(=O)Nc2cc(C(=O)N3CC[C@H](N4CCc5ccccc5C4)[C@@H](O)C3)ccc21. The van der Waals surface area contributed by atoms with Crippen molar-refractivity contribution >= 4 is 17.5 Å². The zero-order chi connectivity index (χ0) is 22.5. The van der Waals surface area contributed by atoms with E-state index >= 15 is 0 Å². The molecule has 1 fully saturated rings. The number of rotatable bonds is 2. The van der Waals surface area contributed by atoms with Crippen LogP contribution in [0.5, 0.6) is 0 Å². The number of likely N-dealkylation sites (tertiary alicyclic amines) is 1. The normalized spacial score (nSPS) is 25.0. The molecule has 6 heteroatoms. The Bertz CT molecular complexity index is 1060. The topological polar surface area (TPSA) is 72.9 Å². The van der Waals surface area contributed by atoms with Crippen LogP contribution < -0.4 is 5.32 Å². The molecule has 0 saturated carbocycles. The first kappa shape index (κ1) is 21.2. The number of amides is 2. The number of nitrogens with zero attached hydrogens (tertiary/aromatic N) is 2. The summed E-state index contributed by atoms with van der Waals surface area (Å²) in [7, 11) is 0. The molecule has 0 spiro atoms. The maximum Gasteiger partial charge on any atom is 0.254 e. The van der Waals surface area contributed by atoms with Gasteiger partial charge < -0.3 is 15.3 Å². The Labute approximate surface area is 189 Å². The van der Waals surface area contributed by atoms with Crippen molar-refractivity contribution in [2.24, 2.45) is 0 Å². The highest BCUT2D eigenvalue weighted by atomic mass is 16.3. The van der Waals surface area contributed by atoms with Gasteiger partial charge in [-0.3, -0.25) is 14.5 Å². The number of aliphatic hydroxyl groups is 1. The molecule has 32 heavy (non-hydrogen) atoms. The van der Waals surface area contributed by atoms with Gasteiger partial charge in [-0.1, -0.05) is 44.2 Å². The predicted molar refractivity (Wildman–Crippen MR) is 124 cm³/mol. The smallest absolute Gasteiger partial charge is 0.254 e. The second kappa shape index (κ2) is 8.01. The summed E-state index contributed by atoms with van der Waals surface area (Å²) in [4.78, 5) is 29.4. The van der Waals surface area contributed by atoms with Gasteiger partial charge in [-0.2, -0.15) is 0 Å². The van der Waals surface area contributed by atoms with Gasteiger partial charge in [-0.25, -0.2) is 0 Å². The lowest BCUT2D eigenvalue weighted by Gasteiger charge is -2.43. The molecule has 6 nitrogen and oxygen atoms in total. The summed E-state index contributed by atoms with van der Waals surface area (Å²) in [6.45, 7) is 6.84. The highest BCUT2D eigenvalue weighted by Gasteiger charge is 2.36. The van der Waals surface area contributed by atoms with E-state index in [2.05, 4.69) is 34.5 Å². The standard InChI is InChI=1S/C26H31N3O3/c1-26(2)14-24(31)27-21-13-18(7-8-20(21)26)25(32)29-12-10-22(23(30)16-29)28-11-9-17-5-3-4-6-19(17)15-28/h3-8,13,22-23,30H,9-12,14-16H2,1-2H3,(H,27,31)/t22-,23-/m0/s1. The lowest BCUT2D eigenvalue weighted by molar-refractivity contribution is -0.117. The zero-order valence-corrected chi connectivity index (χ0v) is 18.8. The van der Waals surface area contributed by atoms with Crippen molar-refractivity contribution in [1.29, 1.82) is 0 Å². The minimum atomic E-state index is -0.575. The predicted octanol–water partition coefficient (Wildman–Crippen LogP) is 2.94. The number of carbonyl (C=O) groups is 2. The quantitative estimate of drug-likeness (QED) is 0.764. The summed E-state index contributed by atoms with van der Waals surface area (Å²) in [5, 5.41) is 13.9. The molecule has 0 bridgehead atoms. The number of aliphatic hydroxyl groups excluding tert-OH is 1. The number of fused-ring (bicyclic) bond motifs is 2. The molecular weight excluding hydrogens is 402 g/mol. The van der Waals surface area contributed by atoms with Crippen LogP contribution in [0.1, 0.15) is 53.7 Å². The van der Waals surface area contributed by atoms with E-state index < -0.39 is 6.10 Å².